The molecule has 11 heavy (non-hydrogen) atoms. The molecule has 3 heteroatoms. The molecule has 0 aliphatic heterocycles. The van der Waals surface area contributed by atoms with Crippen molar-refractivity contribution in [3.63, 3.8) is 0 Å². The minimum atomic E-state index is -0.873. The first-order valence-corrected chi connectivity index (χ1v) is 3.28. The molecule has 1 N–H and O–H groups in total. The van der Waals surface area contributed by atoms with Gasteiger partial charge in [0.05, 0.1) is 6.42 Å². The Hall–Kier alpha value is -1.30. The van der Waals surface area contributed by atoms with Crippen LogP contribution in [-0.4, -0.2) is 16.6 Å². The van der Waals surface area contributed by atoms with Gasteiger partial charge in [0.15, 0.2) is 0 Å². The van der Waals surface area contributed by atoms with Crippen molar-refractivity contribution in [1.29, 1.82) is 0 Å². The van der Waals surface area contributed by atoms with E-state index in [2.05, 4.69) is 11.4 Å². The lowest BCUT2D eigenvalue weighted by Crippen LogP contribution is -2.17. The molecule has 1 unspecified atom stereocenters. The van der Waals surface area contributed by atoms with Crippen LogP contribution in [0.25, 0.3) is 4.85 Å². The van der Waals surface area contributed by atoms with Gasteiger partial charge in [-0.05, 0) is 6.08 Å². The van der Waals surface area contributed by atoms with Crippen LogP contribution in [0.4, 0.5) is 0 Å². The smallest absolute Gasteiger partial charge is 0.303 e. The highest BCUT2D eigenvalue weighted by molar-refractivity contribution is 5.66. The van der Waals surface area contributed by atoms with Crippen LogP contribution in [0.5, 0.6) is 0 Å². The molecule has 0 radical (unpaired) electrons. The normalized spacial score (nSPS) is 14.5. The Morgan fingerprint density at radius 3 is 2.73 bits per heavy atom. The van der Waals surface area contributed by atoms with E-state index >= 15 is 0 Å². The second-order valence-corrected chi connectivity index (χ2v) is 2.57. The van der Waals surface area contributed by atoms with E-state index in [1.165, 1.54) is 6.08 Å². The average molecular weight is 153 g/mol. The molecule has 0 amide bonds. The van der Waals surface area contributed by atoms with Crippen molar-refractivity contribution in [2.75, 3.05) is 0 Å². The molecular formula is C8H11NO2. The Balaban J connectivity index is 4.01. The van der Waals surface area contributed by atoms with Gasteiger partial charge in [-0.15, -0.1) is 0 Å². The summed E-state index contributed by atoms with van der Waals surface area (Å²) >= 11 is 0. The fraction of sp³-hybridized carbons (Fsp3) is 0.500. The molecule has 60 valence electrons. The third-order valence-electron chi connectivity index (χ3n) is 1.54. The Morgan fingerprint density at radius 1 is 1.91 bits per heavy atom. The lowest BCUT2D eigenvalue weighted by atomic mass is 9.97. The second-order valence-electron chi connectivity index (χ2n) is 2.57. The van der Waals surface area contributed by atoms with E-state index in [0.717, 1.165) is 0 Å². The number of hydrogen-bond donors (Lipinski definition) is 1. The van der Waals surface area contributed by atoms with Gasteiger partial charge in [0, 0.05) is 13.3 Å². The molecule has 3 nitrogen and oxygen atoms in total. The number of carboxylic acid groups (broad SMARTS) is 1. The molecule has 0 aromatic carbocycles. The molecule has 0 rings (SSSR count). The summed E-state index contributed by atoms with van der Waals surface area (Å²) in [6.45, 7) is 11.9. The van der Waals surface area contributed by atoms with Crippen LogP contribution in [-0.2, 0) is 4.79 Å². The minimum absolute atomic E-state index is 0.0187. The van der Waals surface area contributed by atoms with Crippen LogP contribution in [0.2, 0.25) is 0 Å². The van der Waals surface area contributed by atoms with Crippen LogP contribution in [0.3, 0.4) is 0 Å². The predicted octanol–water partition coefficient (Wildman–Crippen LogP) is 1.72. The van der Waals surface area contributed by atoms with Crippen LogP contribution in [0.1, 0.15) is 19.8 Å². The maximum absolute atomic E-state index is 10.1. The van der Waals surface area contributed by atoms with E-state index in [1.54, 1.807) is 6.92 Å². The Morgan fingerprint density at radius 2 is 2.45 bits per heavy atom. The molecule has 1 atom stereocenters. The number of nitrogens with zero attached hydrogens (tertiary/aromatic N) is 1. The number of aliphatic carboxylic acids is 1. The van der Waals surface area contributed by atoms with Gasteiger partial charge < -0.3 is 9.95 Å². The SMILES string of the molecule is [C-]#[N+]C(C)(C=C)CCC(=O)O. The summed E-state index contributed by atoms with van der Waals surface area (Å²) in [4.78, 5) is 13.4. The summed E-state index contributed by atoms with van der Waals surface area (Å²) < 4.78 is 0. The van der Waals surface area contributed by atoms with Crippen molar-refractivity contribution in [1.82, 2.24) is 0 Å². The summed E-state index contributed by atoms with van der Waals surface area (Å²) in [5.41, 5.74) is -0.710. The zero-order valence-electron chi connectivity index (χ0n) is 6.50. The zero-order chi connectivity index (χ0) is 8.91. The van der Waals surface area contributed by atoms with E-state index < -0.39 is 11.5 Å². The van der Waals surface area contributed by atoms with Gasteiger partial charge in [-0.2, -0.15) is 0 Å². The molecular weight excluding hydrogens is 142 g/mol. The third kappa shape index (κ3) is 3.41. The Labute approximate surface area is 66.2 Å². The van der Waals surface area contributed by atoms with Gasteiger partial charge in [-0.25, -0.2) is 6.57 Å². The topological polar surface area (TPSA) is 41.7 Å². The number of carboxylic acids is 1. The van der Waals surface area contributed by atoms with Gasteiger partial charge in [-0.3, -0.25) is 4.79 Å². The number of hydrogen-bond acceptors (Lipinski definition) is 1. The van der Waals surface area contributed by atoms with E-state index in [4.69, 9.17) is 11.7 Å². The van der Waals surface area contributed by atoms with Crippen LogP contribution >= 0.6 is 0 Å². The van der Waals surface area contributed by atoms with Gasteiger partial charge in [0.1, 0.15) is 0 Å². The molecule has 0 saturated heterocycles. The summed E-state index contributed by atoms with van der Waals surface area (Å²) in [6, 6.07) is 0. The summed E-state index contributed by atoms with van der Waals surface area (Å²) in [5.74, 6) is -0.873. The highest BCUT2D eigenvalue weighted by Gasteiger charge is 2.25. The molecule has 0 aromatic heterocycles. The van der Waals surface area contributed by atoms with E-state index in [1.807, 2.05) is 0 Å². The first-order valence-electron chi connectivity index (χ1n) is 3.28. The van der Waals surface area contributed by atoms with Gasteiger partial charge in [0.25, 0.3) is 0 Å². The van der Waals surface area contributed by atoms with Crippen molar-refractivity contribution >= 4 is 5.97 Å². The number of rotatable bonds is 4. The molecule has 0 heterocycles. The lowest BCUT2D eigenvalue weighted by Gasteiger charge is -2.09. The van der Waals surface area contributed by atoms with Crippen molar-refractivity contribution in [3.8, 4) is 0 Å². The Bertz CT molecular complexity index is 205. The number of carbonyl (C=O) groups is 1. The summed E-state index contributed by atoms with van der Waals surface area (Å²) in [6.07, 6.45) is 1.84. The molecule has 0 aliphatic carbocycles. The highest BCUT2D eigenvalue weighted by atomic mass is 16.4. The van der Waals surface area contributed by atoms with E-state index in [-0.39, 0.29) is 6.42 Å². The van der Waals surface area contributed by atoms with E-state index in [0.29, 0.717) is 6.42 Å². The minimum Gasteiger partial charge on any atom is -0.481 e. The standard InChI is InChI=1S/C8H11NO2/c1-4-8(2,9-3)6-5-7(10)11/h4H,1,5-6H2,2H3,(H,10,11). The molecule has 0 fully saturated rings. The quantitative estimate of drug-likeness (QED) is 0.493. The van der Waals surface area contributed by atoms with Gasteiger partial charge in [0.2, 0.25) is 5.54 Å². The first-order chi connectivity index (χ1) is 5.04. The Kier molecular flexibility index (Phi) is 3.32. The van der Waals surface area contributed by atoms with Crippen molar-refractivity contribution in [2.45, 2.75) is 25.3 Å². The van der Waals surface area contributed by atoms with Crippen LogP contribution in [0, 0.1) is 6.57 Å². The lowest BCUT2D eigenvalue weighted by molar-refractivity contribution is -0.137. The average Bonchev–Trinajstić information content (AvgIpc) is 2.00. The molecule has 0 bridgehead atoms. The van der Waals surface area contributed by atoms with Crippen molar-refractivity contribution in [2.24, 2.45) is 0 Å². The maximum atomic E-state index is 10.1. The second kappa shape index (κ2) is 3.77. The fourth-order valence-corrected chi connectivity index (χ4v) is 0.564. The largest absolute Gasteiger partial charge is 0.481 e. The first kappa shape index (κ1) is 9.70. The molecule has 0 spiro atoms. The van der Waals surface area contributed by atoms with Crippen LogP contribution in [0.15, 0.2) is 12.7 Å². The molecule has 0 aromatic rings. The zero-order valence-corrected chi connectivity index (χ0v) is 6.50. The summed E-state index contributed by atoms with van der Waals surface area (Å²) in [7, 11) is 0. The van der Waals surface area contributed by atoms with Crippen molar-refractivity contribution in [3.05, 3.63) is 24.1 Å². The maximum Gasteiger partial charge on any atom is 0.303 e. The predicted molar refractivity (Wildman–Crippen MR) is 42.1 cm³/mol. The molecule has 0 saturated carbocycles. The van der Waals surface area contributed by atoms with Gasteiger partial charge in [-0.1, -0.05) is 6.58 Å². The van der Waals surface area contributed by atoms with Crippen LogP contribution < -0.4 is 0 Å². The third-order valence-corrected chi connectivity index (χ3v) is 1.54. The highest BCUT2D eigenvalue weighted by Crippen LogP contribution is 2.18. The van der Waals surface area contributed by atoms with Crippen molar-refractivity contribution < 1.29 is 9.90 Å². The monoisotopic (exact) mass is 153 g/mol. The fourth-order valence-electron chi connectivity index (χ4n) is 0.564. The van der Waals surface area contributed by atoms with Gasteiger partial charge >= 0.3 is 5.97 Å². The molecule has 0 aliphatic rings. The summed E-state index contributed by atoms with van der Waals surface area (Å²) in [5, 5.41) is 8.33. The van der Waals surface area contributed by atoms with E-state index in [9.17, 15) is 4.79 Å².